The van der Waals surface area contributed by atoms with E-state index in [9.17, 15) is 22.4 Å². The van der Waals surface area contributed by atoms with Crippen molar-refractivity contribution < 1.29 is 22.4 Å². The van der Waals surface area contributed by atoms with Gasteiger partial charge in [0.2, 0.25) is 0 Å². The monoisotopic (exact) mass is 367 g/mol. The standard InChI is InChI=1S/C14H14BrF4NO/c1-8-10(15)4-5-11(16)12(8)13(21)20-6-2-3-9(7-20)14(17,18)19/h4-5,9H,2-3,6-7H2,1H3. The van der Waals surface area contributed by atoms with Gasteiger partial charge in [-0.05, 0) is 37.5 Å². The smallest absolute Gasteiger partial charge is 0.338 e. The van der Waals surface area contributed by atoms with Crippen molar-refractivity contribution in [2.24, 2.45) is 5.92 Å². The molecule has 1 aliphatic heterocycles. The Morgan fingerprint density at radius 2 is 2.05 bits per heavy atom. The summed E-state index contributed by atoms with van der Waals surface area (Å²) in [6.07, 6.45) is -4.05. The van der Waals surface area contributed by atoms with E-state index in [0.717, 1.165) is 11.0 Å². The highest BCUT2D eigenvalue weighted by Crippen LogP contribution is 2.34. The Morgan fingerprint density at radius 3 is 2.67 bits per heavy atom. The number of carbonyl (C=O) groups is 1. The van der Waals surface area contributed by atoms with Crippen molar-refractivity contribution >= 4 is 21.8 Å². The van der Waals surface area contributed by atoms with E-state index in [1.165, 1.54) is 6.07 Å². The number of benzene rings is 1. The van der Waals surface area contributed by atoms with Crippen molar-refractivity contribution in [2.75, 3.05) is 13.1 Å². The number of piperidine rings is 1. The zero-order valence-corrected chi connectivity index (χ0v) is 12.9. The number of nitrogens with zero attached hydrogens (tertiary/aromatic N) is 1. The van der Waals surface area contributed by atoms with Gasteiger partial charge in [0, 0.05) is 17.6 Å². The van der Waals surface area contributed by atoms with Gasteiger partial charge in [0.1, 0.15) is 5.82 Å². The van der Waals surface area contributed by atoms with E-state index in [-0.39, 0.29) is 24.9 Å². The number of alkyl halides is 3. The largest absolute Gasteiger partial charge is 0.393 e. The summed E-state index contributed by atoms with van der Waals surface area (Å²) in [5.74, 6) is -2.93. The van der Waals surface area contributed by atoms with Gasteiger partial charge in [-0.2, -0.15) is 13.2 Å². The molecule has 0 bridgehead atoms. The van der Waals surface area contributed by atoms with Gasteiger partial charge in [-0.15, -0.1) is 0 Å². The third kappa shape index (κ3) is 3.39. The van der Waals surface area contributed by atoms with Crippen molar-refractivity contribution in [1.29, 1.82) is 0 Å². The average molecular weight is 368 g/mol. The Labute approximate surface area is 128 Å². The van der Waals surface area contributed by atoms with Crippen LogP contribution in [0.4, 0.5) is 17.6 Å². The molecular formula is C14H14BrF4NO. The van der Waals surface area contributed by atoms with Gasteiger partial charge < -0.3 is 4.90 Å². The lowest BCUT2D eigenvalue weighted by Gasteiger charge is -2.34. The molecule has 21 heavy (non-hydrogen) atoms. The quantitative estimate of drug-likeness (QED) is 0.677. The van der Waals surface area contributed by atoms with Crippen LogP contribution in [-0.2, 0) is 0 Å². The van der Waals surface area contributed by atoms with Crippen LogP contribution in [0, 0.1) is 18.7 Å². The first kappa shape index (κ1) is 16.3. The van der Waals surface area contributed by atoms with Crippen molar-refractivity contribution in [3.05, 3.63) is 33.5 Å². The van der Waals surface area contributed by atoms with Crippen LogP contribution in [0.15, 0.2) is 16.6 Å². The Morgan fingerprint density at radius 1 is 1.38 bits per heavy atom. The molecule has 1 aromatic rings. The van der Waals surface area contributed by atoms with Crippen LogP contribution >= 0.6 is 15.9 Å². The summed E-state index contributed by atoms with van der Waals surface area (Å²) in [5, 5.41) is 0. The van der Waals surface area contributed by atoms with E-state index in [2.05, 4.69) is 15.9 Å². The molecule has 1 heterocycles. The number of carbonyl (C=O) groups excluding carboxylic acids is 1. The van der Waals surface area contributed by atoms with E-state index in [0.29, 0.717) is 10.0 Å². The zero-order valence-electron chi connectivity index (χ0n) is 11.3. The number of rotatable bonds is 1. The number of hydrogen-bond acceptors (Lipinski definition) is 1. The molecule has 1 saturated heterocycles. The van der Waals surface area contributed by atoms with E-state index in [4.69, 9.17) is 0 Å². The Kier molecular flexibility index (Phi) is 4.60. The molecule has 1 aliphatic rings. The second-order valence-corrected chi connectivity index (χ2v) is 6.02. The zero-order chi connectivity index (χ0) is 15.8. The lowest BCUT2D eigenvalue weighted by Crippen LogP contribution is -2.45. The maximum atomic E-state index is 13.9. The van der Waals surface area contributed by atoms with E-state index < -0.39 is 30.4 Å². The van der Waals surface area contributed by atoms with Crippen molar-refractivity contribution in [2.45, 2.75) is 25.9 Å². The fourth-order valence-electron chi connectivity index (χ4n) is 2.50. The van der Waals surface area contributed by atoms with Gasteiger partial charge in [0.25, 0.3) is 5.91 Å². The number of amides is 1. The Hall–Kier alpha value is -1.11. The summed E-state index contributed by atoms with van der Waals surface area (Å²) in [6.45, 7) is 1.37. The maximum Gasteiger partial charge on any atom is 0.393 e. The molecule has 7 heteroatoms. The predicted octanol–water partition coefficient (Wildman–Crippen LogP) is 4.31. The van der Waals surface area contributed by atoms with Crippen LogP contribution < -0.4 is 0 Å². The summed E-state index contributed by atoms with van der Waals surface area (Å²) < 4.78 is 52.8. The molecule has 0 saturated carbocycles. The molecule has 0 aromatic heterocycles. The van der Waals surface area contributed by atoms with Gasteiger partial charge in [-0.25, -0.2) is 4.39 Å². The molecule has 1 aromatic carbocycles. The molecule has 0 aliphatic carbocycles. The van der Waals surface area contributed by atoms with Gasteiger partial charge in [-0.1, -0.05) is 15.9 Å². The summed E-state index contributed by atoms with van der Waals surface area (Å²) in [6, 6.07) is 2.60. The molecule has 0 spiro atoms. The van der Waals surface area contributed by atoms with Crippen LogP contribution in [0.25, 0.3) is 0 Å². The van der Waals surface area contributed by atoms with Crippen molar-refractivity contribution in [3.63, 3.8) is 0 Å². The van der Waals surface area contributed by atoms with Crippen LogP contribution in [0.2, 0.25) is 0 Å². The number of hydrogen-bond donors (Lipinski definition) is 0. The van der Waals surface area contributed by atoms with E-state index in [1.54, 1.807) is 6.92 Å². The fraction of sp³-hybridized carbons (Fsp3) is 0.500. The molecule has 1 unspecified atom stereocenters. The lowest BCUT2D eigenvalue weighted by atomic mass is 9.96. The van der Waals surface area contributed by atoms with Gasteiger partial charge in [0.15, 0.2) is 0 Å². The summed E-state index contributed by atoms with van der Waals surface area (Å²) >= 11 is 3.20. The highest BCUT2D eigenvalue weighted by Gasteiger charge is 2.43. The minimum atomic E-state index is -4.33. The Bertz CT molecular complexity index is 559. The predicted molar refractivity (Wildman–Crippen MR) is 73.5 cm³/mol. The van der Waals surface area contributed by atoms with Crippen LogP contribution in [0.3, 0.4) is 0 Å². The fourth-order valence-corrected chi connectivity index (χ4v) is 2.83. The minimum absolute atomic E-state index is 0.00717. The number of likely N-dealkylation sites (tertiary alicyclic amines) is 1. The highest BCUT2D eigenvalue weighted by molar-refractivity contribution is 9.10. The molecule has 2 rings (SSSR count). The summed E-state index contributed by atoms with van der Waals surface area (Å²) in [7, 11) is 0. The van der Waals surface area contributed by atoms with E-state index in [1.807, 2.05) is 0 Å². The third-order valence-electron chi connectivity index (χ3n) is 3.73. The van der Waals surface area contributed by atoms with Crippen LogP contribution in [0.5, 0.6) is 0 Å². The van der Waals surface area contributed by atoms with Gasteiger partial charge in [0.05, 0.1) is 11.5 Å². The number of halogens is 5. The van der Waals surface area contributed by atoms with Crippen molar-refractivity contribution in [3.8, 4) is 0 Å². The lowest BCUT2D eigenvalue weighted by molar-refractivity contribution is -0.184. The maximum absolute atomic E-state index is 13.9. The van der Waals surface area contributed by atoms with Crippen LogP contribution in [0.1, 0.15) is 28.8 Å². The second kappa shape index (κ2) is 5.94. The molecule has 1 fully saturated rings. The SMILES string of the molecule is Cc1c(Br)ccc(F)c1C(=O)N1CCCC(C(F)(F)F)C1. The van der Waals surface area contributed by atoms with E-state index >= 15 is 0 Å². The highest BCUT2D eigenvalue weighted by atomic mass is 79.9. The molecule has 116 valence electrons. The van der Waals surface area contributed by atoms with Crippen LogP contribution in [-0.4, -0.2) is 30.1 Å². The topological polar surface area (TPSA) is 20.3 Å². The molecule has 2 nitrogen and oxygen atoms in total. The summed E-state index contributed by atoms with van der Waals surface area (Å²) in [5.41, 5.74) is 0.237. The molecular weight excluding hydrogens is 354 g/mol. The first-order valence-electron chi connectivity index (χ1n) is 6.52. The first-order valence-corrected chi connectivity index (χ1v) is 7.31. The van der Waals surface area contributed by atoms with Gasteiger partial charge in [-0.3, -0.25) is 4.79 Å². The normalized spacial score (nSPS) is 19.7. The average Bonchev–Trinajstić information content (AvgIpc) is 2.42. The summed E-state index contributed by atoms with van der Waals surface area (Å²) in [4.78, 5) is 13.5. The molecule has 0 radical (unpaired) electrons. The minimum Gasteiger partial charge on any atom is -0.338 e. The molecule has 1 atom stereocenters. The molecule has 0 N–H and O–H groups in total. The first-order chi connectivity index (χ1) is 9.71. The molecule has 1 amide bonds. The van der Waals surface area contributed by atoms with Gasteiger partial charge >= 0.3 is 6.18 Å². The Balaban J connectivity index is 2.27. The van der Waals surface area contributed by atoms with Crippen molar-refractivity contribution in [1.82, 2.24) is 4.90 Å². The third-order valence-corrected chi connectivity index (χ3v) is 4.59. The second-order valence-electron chi connectivity index (χ2n) is 5.16.